The van der Waals surface area contributed by atoms with E-state index in [1.807, 2.05) is 54.9 Å². The van der Waals surface area contributed by atoms with E-state index in [1.54, 1.807) is 6.20 Å². The molecule has 100 valence electrons. The van der Waals surface area contributed by atoms with Crippen LogP contribution in [0.25, 0.3) is 0 Å². The normalized spacial score (nSPS) is 10.6. The quantitative estimate of drug-likeness (QED) is 0.737. The van der Waals surface area contributed by atoms with Gasteiger partial charge in [0.15, 0.2) is 0 Å². The first-order valence-corrected chi connectivity index (χ1v) is 6.56. The molecule has 3 rings (SSSR count). The minimum Gasteiger partial charge on any atom is -0.398 e. The first-order chi connectivity index (χ1) is 9.83. The van der Waals surface area contributed by atoms with Gasteiger partial charge in [0, 0.05) is 36.4 Å². The number of rotatable bonds is 4. The van der Waals surface area contributed by atoms with Crippen LogP contribution in [0.4, 0.5) is 5.69 Å². The Hall–Kier alpha value is -2.62. The van der Waals surface area contributed by atoms with E-state index < -0.39 is 0 Å². The summed E-state index contributed by atoms with van der Waals surface area (Å²) in [5.74, 6) is 0.993. The summed E-state index contributed by atoms with van der Waals surface area (Å²) < 4.78 is 2.11. The van der Waals surface area contributed by atoms with E-state index in [0.717, 1.165) is 35.7 Å². The fraction of sp³-hybridized carbons (Fsp3) is 0.125. The third-order valence-corrected chi connectivity index (χ3v) is 3.26. The Kier molecular flexibility index (Phi) is 3.46. The number of imidazole rings is 1. The van der Waals surface area contributed by atoms with Crippen molar-refractivity contribution in [1.82, 2.24) is 14.5 Å². The van der Waals surface area contributed by atoms with Gasteiger partial charge in [-0.3, -0.25) is 4.98 Å². The Bertz CT molecular complexity index is 688. The van der Waals surface area contributed by atoms with E-state index in [4.69, 9.17) is 5.73 Å². The van der Waals surface area contributed by atoms with Gasteiger partial charge in [-0.15, -0.1) is 0 Å². The van der Waals surface area contributed by atoms with E-state index in [-0.39, 0.29) is 0 Å². The van der Waals surface area contributed by atoms with Gasteiger partial charge in [-0.05, 0) is 23.8 Å². The van der Waals surface area contributed by atoms with Crippen LogP contribution in [0.2, 0.25) is 0 Å². The number of pyridine rings is 1. The van der Waals surface area contributed by atoms with Crippen molar-refractivity contribution in [2.45, 2.75) is 13.0 Å². The summed E-state index contributed by atoms with van der Waals surface area (Å²) in [6.07, 6.45) is 6.32. The van der Waals surface area contributed by atoms with Crippen molar-refractivity contribution in [3.05, 3.63) is 78.1 Å². The molecule has 4 heteroatoms. The molecule has 0 fully saturated rings. The largest absolute Gasteiger partial charge is 0.398 e. The SMILES string of the molecule is Nc1ccccc1Cn1ccnc1Cc1ccccn1. The van der Waals surface area contributed by atoms with Crippen LogP contribution < -0.4 is 5.73 Å². The molecule has 2 N–H and O–H groups in total. The van der Waals surface area contributed by atoms with Gasteiger partial charge in [0.1, 0.15) is 5.82 Å². The van der Waals surface area contributed by atoms with Gasteiger partial charge in [0.25, 0.3) is 0 Å². The Morgan fingerprint density at radius 1 is 0.950 bits per heavy atom. The molecule has 0 aliphatic heterocycles. The van der Waals surface area contributed by atoms with E-state index in [1.165, 1.54) is 0 Å². The van der Waals surface area contributed by atoms with Crippen LogP contribution in [-0.4, -0.2) is 14.5 Å². The molecule has 4 nitrogen and oxygen atoms in total. The highest BCUT2D eigenvalue weighted by Gasteiger charge is 2.06. The summed E-state index contributed by atoms with van der Waals surface area (Å²) in [6, 6.07) is 13.8. The maximum Gasteiger partial charge on any atom is 0.114 e. The fourth-order valence-electron chi connectivity index (χ4n) is 2.18. The van der Waals surface area contributed by atoms with E-state index in [2.05, 4.69) is 14.5 Å². The number of aromatic nitrogens is 3. The molecule has 0 saturated heterocycles. The van der Waals surface area contributed by atoms with E-state index >= 15 is 0 Å². The number of nitrogens with two attached hydrogens (primary N) is 1. The van der Waals surface area contributed by atoms with E-state index in [9.17, 15) is 0 Å². The Labute approximate surface area is 117 Å². The van der Waals surface area contributed by atoms with Crippen LogP contribution in [0.15, 0.2) is 61.1 Å². The number of benzene rings is 1. The van der Waals surface area contributed by atoms with Crippen LogP contribution >= 0.6 is 0 Å². The van der Waals surface area contributed by atoms with Crippen molar-refractivity contribution in [1.29, 1.82) is 0 Å². The van der Waals surface area contributed by atoms with Crippen LogP contribution in [0.5, 0.6) is 0 Å². The summed E-state index contributed by atoms with van der Waals surface area (Å²) in [5.41, 5.74) is 8.92. The zero-order valence-corrected chi connectivity index (χ0v) is 11.1. The summed E-state index contributed by atoms with van der Waals surface area (Å²) in [4.78, 5) is 8.76. The molecule has 2 aromatic heterocycles. The predicted molar refractivity (Wildman–Crippen MR) is 79.2 cm³/mol. The average molecular weight is 264 g/mol. The molecule has 0 saturated carbocycles. The molecule has 0 unspecified atom stereocenters. The maximum absolute atomic E-state index is 5.99. The summed E-state index contributed by atoms with van der Waals surface area (Å²) in [7, 11) is 0. The number of para-hydroxylation sites is 1. The van der Waals surface area contributed by atoms with Crippen molar-refractivity contribution in [3.63, 3.8) is 0 Å². The van der Waals surface area contributed by atoms with Gasteiger partial charge in [-0.25, -0.2) is 4.98 Å². The average Bonchev–Trinajstić information content (AvgIpc) is 2.90. The fourth-order valence-corrected chi connectivity index (χ4v) is 2.18. The van der Waals surface area contributed by atoms with Crippen molar-refractivity contribution < 1.29 is 0 Å². The molecule has 0 atom stereocenters. The lowest BCUT2D eigenvalue weighted by atomic mass is 10.2. The Morgan fingerprint density at radius 3 is 2.60 bits per heavy atom. The van der Waals surface area contributed by atoms with Crippen LogP contribution in [0, 0.1) is 0 Å². The summed E-state index contributed by atoms with van der Waals surface area (Å²) in [5, 5.41) is 0. The third kappa shape index (κ3) is 2.69. The van der Waals surface area contributed by atoms with Gasteiger partial charge in [0.05, 0.1) is 6.54 Å². The van der Waals surface area contributed by atoms with Gasteiger partial charge >= 0.3 is 0 Å². The number of hydrogen-bond donors (Lipinski definition) is 1. The molecular formula is C16H16N4. The minimum atomic E-state index is 0.723. The monoisotopic (exact) mass is 264 g/mol. The molecule has 1 aromatic carbocycles. The smallest absolute Gasteiger partial charge is 0.114 e. The molecular weight excluding hydrogens is 248 g/mol. The Balaban J connectivity index is 1.82. The van der Waals surface area contributed by atoms with E-state index in [0.29, 0.717) is 0 Å². The lowest BCUT2D eigenvalue weighted by Crippen LogP contribution is -2.07. The van der Waals surface area contributed by atoms with Gasteiger partial charge in [0.2, 0.25) is 0 Å². The molecule has 20 heavy (non-hydrogen) atoms. The summed E-state index contributed by atoms with van der Waals surface area (Å²) in [6.45, 7) is 0.731. The molecule has 0 radical (unpaired) electrons. The van der Waals surface area contributed by atoms with Crippen molar-refractivity contribution in [2.75, 3.05) is 5.73 Å². The first-order valence-electron chi connectivity index (χ1n) is 6.56. The highest BCUT2D eigenvalue weighted by atomic mass is 15.1. The standard InChI is InChI=1S/C16H16N4/c17-15-7-2-1-5-13(15)12-20-10-9-19-16(20)11-14-6-3-4-8-18-14/h1-10H,11-12,17H2. The highest BCUT2D eigenvalue weighted by Crippen LogP contribution is 2.14. The topological polar surface area (TPSA) is 56.7 Å². The van der Waals surface area contributed by atoms with Crippen molar-refractivity contribution in [3.8, 4) is 0 Å². The molecule has 0 spiro atoms. The lowest BCUT2D eigenvalue weighted by Gasteiger charge is -2.09. The van der Waals surface area contributed by atoms with Crippen LogP contribution in [-0.2, 0) is 13.0 Å². The number of hydrogen-bond acceptors (Lipinski definition) is 3. The van der Waals surface area contributed by atoms with Crippen LogP contribution in [0.3, 0.4) is 0 Å². The van der Waals surface area contributed by atoms with Gasteiger partial charge < -0.3 is 10.3 Å². The number of nitrogens with zero attached hydrogens (tertiary/aromatic N) is 3. The van der Waals surface area contributed by atoms with Crippen molar-refractivity contribution in [2.24, 2.45) is 0 Å². The van der Waals surface area contributed by atoms with Gasteiger partial charge in [-0.1, -0.05) is 24.3 Å². The first kappa shape index (κ1) is 12.4. The molecule has 0 bridgehead atoms. The molecule has 0 aliphatic rings. The van der Waals surface area contributed by atoms with Crippen molar-refractivity contribution >= 4 is 5.69 Å². The molecule has 3 aromatic rings. The molecule has 0 amide bonds. The number of nitrogen functional groups attached to an aromatic ring is 1. The maximum atomic E-state index is 5.99. The summed E-state index contributed by atoms with van der Waals surface area (Å²) >= 11 is 0. The lowest BCUT2D eigenvalue weighted by molar-refractivity contribution is 0.737. The zero-order chi connectivity index (χ0) is 13.8. The second-order valence-corrected chi connectivity index (χ2v) is 4.67. The van der Waals surface area contributed by atoms with Gasteiger partial charge in [-0.2, -0.15) is 0 Å². The number of anilines is 1. The second-order valence-electron chi connectivity index (χ2n) is 4.67. The molecule has 2 heterocycles. The van der Waals surface area contributed by atoms with Crippen LogP contribution in [0.1, 0.15) is 17.1 Å². The molecule has 0 aliphatic carbocycles. The zero-order valence-electron chi connectivity index (χ0n) is 11.1. The highest BCUT2D eigenvalue weighted by molar-refractivity contribution is 5.46. The Morgan fingerprint density at radius 2 is 1.80 bits per heavy atom. The predicted octanol–water partition coefficient (Wildman–Crippen LogP) is 2.50. The minimum absolute atomic E-state index is 0.723. The second kappa shape index (κ2) is 5.57. The third-order valence-electron chi connectivity index (χ3n) is 3.26.